The van der Waals surface area contributed by atoms with E-state index in [1.165, 1.54) is 25.0 Å². The first-order valence-electron chi connectivity index (χ1n) is 4.79. The maximum Gasteiger partial charge on any atom is 0.109 e. The van der Waals surface area contributed by atoms with Gasteiger partial charge in [-0.1, -0.05) is 19.6 Å². The Hall–Kier alpha value is 0.237. The van der Waals surface area contributed by atoms with Crippen molar-refractivity contribution in [2.45, 2.75) is 50.2 Å². The molecule has 2 aliphatic carbocycles. The Balaban J connectivity index is 1.79. The van der Waals surface area contributed by atoms with Crippen molar-refractivity contribution in [1.29, 1.82) is 0 Å². The molecule has 0 aromatic rings. The molecule has 0 bridgehead atoms. The van der Waals surface area contributed by atoms with Gasteiger partial charge in [0.15, 0.2) is 0 Å². The van der Waals surface area contributed by atoms with Gasteiger partial charge in [0.2, 0.25) is 0 Å². The molecule has 68 valence electrons. The Morgan fingerprint density at radius 2 is 2.00 bits per heavy atom. The fraction of sp³-hybridized carbons (Fsp3) is 0.889. The summed E-state index contributed by atoms with van der Waals surface area (Å²) in [7, 11) is -0.894. The van der Waals surface area contributed by atoms with Crippen molar-refractivity contribution in [3.63, 3.8) is 0 Å². The van der Waals surface area contributed by atoms with Gasteiger partial charge in [-0.15, -0.1) is 0 Å². The van der Waals surface area contributed by atoms with Gasteiger partial charge in [0, 0.05) is 17.4 Å². The van der Waals surface area contributed by atoms with Crippen molar-refractivity contribution >= 4 is 24.1 Å². The lowest BCUT2D eigenvalue weighted by molar-refractivity contribution is 1.07. The minimum absolute atomic E-state index is 0.743. The molecule has 1 unspecified atom stereocenters. The molecule has 2 fully saturated rings. The smallest absolute Gasteiger partial charge is 0.109 e. The zero-order chi connectivity index (χ0) is 8.77. The predicted octanol–water partition coefficient (Wildman–Crippen LogP) is 2.93. The van der Waals surface area contributed by atoms with Crippen LogP contribution in [0.15, 0.2) is 4.99 Å². The van der Waals surface area contributed by atoms with Gasteiger partial charge in [-0.05, 0) is 12.8 Å². The lowest BCUT2D eigenvalue weighted by Gasteiger charge is -2.13. The van der Waals surface area contributed by atoms with Crippen LogP contribution in [-0.4, -0.2) is 24.2 Å². The summed E-state index contributed by atoms with van der Waals surface area (Å²) >= 11 is 2.21. The summed E-state index contributed by atoms with van der Waals surface area (Å²) in [6.45, 7) is 7.26. The van der Waals surface area contributed by atoms with E-state index >= 15 is 0 Å². The molecule has 2 rings (SSSR count). The van der Waals surface area contributed by atoms with E-state index in [1.807, 2.05) is 0 Å². The summed E-state index contributed by atoms with van der Waals surface area (Å²) in [4.78, 5) is 4.68. The molecule has 0 aromatic carbocycles. The maximum absolute atomic E-state index is 4.68. The summed E-state index contributed by atoms with van der Waals surface area (Å²) in [6, 6.07) is 0.743. The SMILES string of the molecule is C[Si](C)(C)SC1C/C1=N\C1CC1. The molecule has 0 aliphatic heterocycles. The minimum Gasteiger partial charge on any atom is -0.290 e. The molecule has 3 heteroatoms. The first-order chi connectivity index (χ1) is 5.54. The lowest BCUT2D eigenvalue weighted by atomic mass is 10.7. The molecular weight excluding hydrogens is 182 g/mol. The lowest BCUT2D eigenvalue weighted by Crippen LogP contribution is -2.15. The average molecular weight is 199 g/mol. The van der Waals surface area contributed by atoms with E-state index in [4.69, 9.17) is 0 Å². The van der Waals surface area contributed by atoms with Gasteiger partial charge in [-0.3, -0.25) is 4.99 Å². The zero-order valence-electron chi connectivity index (χ0n) is 8.13. The molecular formula is C9H17NSSi. The topological polar surface area (TPSA) is 12.4 Å². The number of aliphatic imine (C=N–C) groups is 1. The molecule has 0 amide bonds. The van der Waals surface area contributed by atoms with Crippen LogP contribution in [0.5, 0.6) is 0 Å². The summed E-state index contributed by atoms with van der Waals surface area (Å²) in [5.41, 5.74) is 1.52. The zero-order valence-corrected chi connectivity index (χ0v) is 9.95. The van der Waals surface area contributed by atoms with Crippen LogP contribution in [0.3, 0.4) is 0 Å². The average Bonchev–Trinajstić information content (AvgIpc) is 2.70. The molecule has 2 aliphatic rings. The Morgan fingerprint density at radius 1 is 1.33 bits per heavy atom. The molecule has 0 N–H and O–H groups in total. The van der Waals surface area contributed by atoms with E-state index in [1.54, 1.807) is 0 Å². The Morgan fingerprint density at radius 3 is 2.50 bits per heavy atom. The molecule has 1 atom stereocenters. The monoisotopic (exact) mass is 199 g/mol. The number of rotatable bonds is 3. The summed E-state index contributed by atoms with van der Waals surface area (Å²) in [5.74, 6) is 0. The van der Waals surface area contributed by atoms with E-state index < -0.39 is 7.22 Å². The Bertz CT molecular complexity index is 215. The van der Waals surface area contributed by atoms with Gasteiger partial charge in [-0.25, -0.2) is 0 Å². The van der Waals surface area contributed by atoms with E-state index in [2.05, 4.69) is 35.8 Å². The molecule has 12 heavy (non-hydrogen) atoms. The fourth-order valence-corrected chi connectivity index (χ4v) is 5.76. The van der Waals surface area contributed by atoms with Gasteiger partial charge < -0.3 is 0 Å². The molecule has 0 radical (unpaired) electrons. The number of hydrogen-bond donors (Lipinski definition) is 0. The summed E-state index contributed by atoms with van der Waals surface area (Å²) in [6.07, 6.45) is 4.01. The van der Waals surface area contributed by atoms with E-state index in [0.29, 0.717) is 0 Å². The van der Waals surface area contributed by atoms with Crippen LogP contribution in [0.1, 0.15) is 19.3 Å². The van der Waals surface area contributed by atoms with Gasteiger partial charge in [-0.2, -0.15) is 11.2 Å². The van der Waals surface area contributed by atoms with Gasteiger partial charge in [0.25, 0.3) is 0 Å². The normalized spacial score (nSPS) is 32.6. The fourth-order valence-electron chi connectivity index (χ4n) is 1.24. The molecule has 0 heterocycles. The third kappa shape index (κ3) is 2.63. The number of nitrogens with zero attached hydrogens (tertiary/aromatic N) is 1. The van der Waals surface area contributed by atoms with Crippen molar-refractivity contribution in [3.05, 3.63) is 0 Å². The van der Waals surface area contributed by atoms with E-state index in [9.17, 15) is 0 Å². The molecule has 1 nitrogen and oxygen atoms in total. The Kier molecular flexibility index (Phi) is 2.11. The molecule has 0 saturated heterocycles. The highest BCUT2D eigenvalue weighted by molar-refractivity contribution is 8.29. The summed E-state index contributed by atoms with van der Waals surface area (Å²) < 4.78 is 0. The second-order valence-electron chi connectivity index (χ2n) is 4.77. The number of hydrogen-bond acceptors (Lipinski definition) is 2. The van der Waals surface area contributed by atoms with E-state index in [-0.39, 0.29) is 0 Å². The Labute approximate surface area is 79.7 Å². The van der Waals surface area contributed by atoms with Crippen molar-refractivity contribution in [2.24, 2.45) is 4.99 Å². The van der Waals surface area contributed by atoms with Crippen LogP contribution in [0.2, 0.25) is 19.6 Å². The second-order valence-corrected chi connectivity index (χ2v) is 14.2. The van der Waals surface area contributed by atoms with Crippen LogP contribution < -0.4 is 0 Å². The minimum atomic E-state index is -0.894. The van der Waals surface area contributed by atoms with Crippen LogP contribution in [-0.2, 0) is 0 Å². The molecule has 0 aromatic heterocycles. The molecule has 0 spiro atoms. The largest absolute Gasteiger partial charge is 0.290 e. The highest BCUT2D eigenvalue weighted by atomic mass is 32.4. The highest BCUT2D eigenvalue weighted by Crippen LogP contribution is 2.39. The maximum atomic E-state index is 4.68. The van der Waals surface area contributed by atoms with Crippen molar-refractivity contribution in [2.75, 3.05) is 0 Å². The quantitative estimate of drug-likeness (QED) is 0.637. The van der Waals surface area contributed by atoms with Crippen LogP contribution >= 0.6 is 11.2 Å². The molecule has 2 saturated carbocycles. The van der Waals surface area contributed by atoms with Gasteiger partial charge >= 0.3 is 0 Å². The highest BCUT2D eigenvalue weighted by Gasteiger charge is 2.38. The third-order valence-electron chi connectivity index (χ3n) is 2.00. The van der Waals surface area contributed by atoms with Gasteiger partial charge in [0.05, 0.1) is 6.04 Å². The first-order valence-corrected chi connectivity index (χ1v) is 9.89. The van der Waals surface area contributed by atoms with Crippen molar-refractivity contribution in [1.82, 2.24) is 0 Å². The van der Waals surface area contributed by atoms with Crippen LogP contribution in [0, 0.1) is 0 Å². The predicted molar refractivity (Wildman–Crippen MR) is 59.8 cm³/mol. The first kappa shape index (κ1) is 8.82. The third-order valence-corrected chi connectivity index (χ3v) is 6.40. The van der Waals surface area contributed by atoms with Gasteiger partial charge in [0.1, 0.15) is 7.22 Å². The van der Waals surface area contributed by atoms with Crippen molar-refractivity contribution < 1.29 is 0 Å². The standard InChI is InChI=1S/C9H17NSSi/c1-12(2,3)11-9-6-8(9)10-7-4-5-7/h7,9H,4-6H2,1-3H3/b10-8+. The second kappa shape index (κ2) is 2.88. The van der Waals surface area contributed by atoms with Crippen LogP contribution in [0.25, 0.3) is 0 Å². The summed E-state index contributed by atoms with van der Waals surface area (Å²) in [5, 5.41) is 0.831. The van der Waals surface area contributed by atoms with E-state index in [0.717, 1.165) is 11.3 Å². The van der Waals surface area contributed by atoms with Crippen LogP contribution in [0.4, 0.5) is 0 Å². The van der Waals surface area contributed by atoms with Crippen molar-refractivity contribution in [3.8, 4) is 0 Å².